The molecule has 2 saturated heterocycles. The normalized spacial score (nSPS) is 22.8. The summed E-state index contributed by atoms with van der Waals surface area (Å²) in [5.41, 5.74) is 2.04. The predicted octanol–water partition coefficient (Wildman–Crippen LogP) is 2.16. The molecule has 1 aromatic carbocycles. The summed E-state index contributed by atoms with van der Waals surface area (Å²) in [6.45, 7) is 11.1. The number of amides is 1. The van der Waals surface area contributed by atoms with E-state index in [2.05, 4.69) is 12.2 Å². The van der Waals surface area contributed by atoms with Crippen LogP contribution in [0.5, 0.6) is 0 Å². The number of rotatable bonds is 3. The van der Waals surface area contributed by atoms with Crippen molar-refractivity contribution in [2.24, 2.45) is 5.92 Å². The molecule has 0 saturated carbocycles. The Bertz CT molecular complexity index is 814. The molecule has 0 aromatic heterocycles. The van der Waals surface area contributed by atoms with Gasteiger partial charge in [-0.25, -0.2) is 8.42 Å². The molecule has 0 bridgehead atoms. The molecule has 2 fully saturated rings. The highest BCUT2D eigenvalue weighted by atomic mass is 32.2. The fraction of sp³-hybridized carbons (Fsp3) is 0.650. The molecule has 150 valence electrons. The third-order valence-corrected chi connectivity index (χ3v) is 8.01. The summed E-state index contributed by atoms with van der Waals surface area (Å²) in [5, 5.41) is 3.28. The van der Waals surface area contributed by atoms with Crippen molar-refractivity contribution < 1.29 is 13.2 Å². The minimum atomic E-state index is -3.59. The summed E-state index contributed by atoms with van der Waals surface area (Å²) in [7, 11) is -3.59. The molecule has 3 rings (SSSR count). The summed E-state index contributed by atoms with van der Waals surface area (Å²) in [5.74, 6) is 0.470. The zero-order valence-corrected chi connectivity index (χ0v) is 17.6. The minimum Gasteiger partial charge on any atom is -0.333 e. The first-order chi connectivity index (χ1) is 12.7. The number of piperidine rings is 1. The third kappa shape index (κ3) is 4.05. The highest BCUT2D eigenvalue weighted by Crippen LogP contribution is 2.28. The quantitative estimate of drug-likeness (QED) is 0.854. The number of carbonyl (C=O) groups is 1. The van der Waals surface area contributed by atoms with E-state index in [1.807, 2.05) is 31.7 Å². The second-order valence-electron chi connectivity index (χ2n) is 8.05. The number of hydrogen-bond donors (Lipinski definition) is 1. The maximum absolute atomic E-state index is 13.3. The molecule has 0 aliphatic carbocycles. The molecule has 1 atom stereocenters. The SMILES string of the molecule is Cc1cc(C(=O)N2CCNCC2C)cc(S(=O)(=O)N2CCC(C)CC2)c1C. The van der Waals surface area contributed by atoms with Crippen LogP contribution in [0.2, 0.25) is 0 Å². The van der Waals surface area contributed by atoms with Gasteiger partial charge in [0, 0.05) is 44.3 Å². The van der Waals surface area contributed by atoms with Crippen molar-refractivity contribution in [1.29, 1.82) is 0 Å². The summed E-state index contributed by atoms with van der Waals surface area (Å²) < 4.78 is 28.1. The van der Waals surface area contributed by atoms with Gasteiger partial charge in [0.15, 0.2) is 0 Å². The molecule has 1 unspecified atom stereocenters. The van der Waals surface area contributed by atoms with Crippen LogP contribution < -0.4 is 5.32 Å². The van der Waals surface area contributed by atoms with Crippen molar-refractivity contribution >= 4 is 15.9 Å². The highest BCUT2D eigenvalue weighted by Gasteiger charge is 2.31. The number of piperazine rings is 1. The van der Waals surface area contributed by atoms with Gasteiger partial charge in [0.2, 0.25) is 10.0 Å². The van der Waals surface area contributed by atoms with E-state index in [-0.39, 0.29) is 16.8 Å². The van der Waals surface area contributed by atoms with Crippen LogP contribution in [0.1, 0.15) is 48.2 Å². The van der Waals surface area contributed by atoms with E-state index in [4.69, 9.17) is 0 Å². The van der Waals surface area contributed by atoms with Crippen LogP contribution >= 0.6 is 0 Å². The molecule has 2 heterocycles. The fourth-order valence-electron chi connectivity index (χ4n) is 3.89. The van der Waals surface area contributed by atoms with Crippen LogP contribution in [0.4, 0.5) is 0 Å². The fourth-order valence-corrected chi connectivity index (χ4v) is 5.68. The first kappa shape index (κ1) is 20.3. The molecule has 6 nitrogen and oxygen atoms in total. The van der Waals surface area contributed by atoms with Crippen molar-refractivity contribution in [3.05, 3.63) is 28.8 Å². The third-order valence-electron chi connectivity index (χ3n) is 5.99. The Morgan fingerprint density at radius 1 is 1.11 bits per heavy atom. The zero-order chi connectivity index (χ0) is 19.8. The standard InChI is InChI=1S/C20H31N3O3S/c1-14-5-8-22(9-6-14)27(25,26)19-12-18(11-15(2)17(19)4)20(24)23-10-7-21-13-16(23)3/h11-12,14,16,21H,5-10,13H2,1-4H3. The van der Waals surface area contributed by atoms with Crippen molar-refractivity contribution in [2.45, 2.75) is 51.5 Å². The van der Waals surface area contributed by atoms with E-state index in [1.54, 1.807) is 10.4 Å². The summed E-state index contributed by atoms with van der Waals surface area (Å²) in [6.07, 6.45) is 1.77. The molecule has 0 spiro atoms. The summed E-state index contributed by atoms with van der Waals surface area (Å²) >= 11 is 0. The largest absolute Gasteiger partial charge is 0.333 e. The molecule has 2 aliphatic rings. The van der Waals surface area contributed by atoms with Gasteiger partial charge in [-0.15, -0.1) is 0 Å². The van der Waals surface area contributed by atoms with Gasteiger partial charge in [-0.1, -0.05) is 6.92 Å². The molecule has 1 N–H and O–H groups in total. The zero-order valence-electron chi connectivity index (χ0n) is 16.8. The number of hydrogen-bond acceptors (Lipinski definition) is 4. The maximum atomic E-state index is 13.3. The molecule has 27 heavy (non-hydrogen) atoms. The van der Waals surface area contributed by atoms with Gasteiger partial charge < -0.3 is 10.2 Å². The highest BCUT2D eigenvalue weighted by molar-refractivity contribution is 7.89. The molecule has 2 aliphatic heterocycles. The summed E-state index contributed by atoms with van der Waals surface area (Å²) in [6, 6.07) is 3.51. The van der Waals surface area contributed by atoms with Gasteiger partial charge >= 0.3 is 0 Å². The lowest BCUT2D eigenvalue weighted by Gasteiger charge is -2.34. The average Bonchev–Trinajstić information content (AvgIpc) is 2.64. The monoisotopic (exact) mass is 393 g/mol. The van der Waals surface area contributed by atoms with Crippen LogP contribution in [-0.2, 0) is 10.0 Å². The Morgan fingerprint density at radius 3 is 2.41 bits per heavy atom. The maximum Gasteiger partial charge on any atom is 0.254 e. The predicted molar refractivity (Wildman–Crippen MR) is 106 cm³/mol. The Kier molecular flexibility index (Phi) is 5.93. The smallest absolute Gasteiger partial charge is 0.254 e. The Hall–Kier alpha value is -1.44. The van der Waals surface area contributed by atoms with E-state index in [0.717, 1.165) is 37.1 Å². The summed E-state index contributed by atoms with van der Waals surface area (Å²) in [4.78, 5) is 15.2. The second-order valence-corrected chi connectivity index (χ2v) is 9.96. The van der Waals surface area contributed by atoms with Crippen LogP contribution in [0, 0.1) is 19.8 Å². The van der Waals surface area contributed by atoms with Gasteiger partial charge in [-0.05, 0) is 62.8 Å². The lowest BCUT2D eigenvalue weighted by Crippen LogP contribution is -2.52. The molecule has 1 aromatic rings. The molecular formula is C20H31N3O3S. The molecular weight excluding hydrogens is 362 g/mol. The van der Waals surface area contributed by atoms with Crippen LogP contribution in [0.3, 0.4) is 0 Å². The number of benzene rings is 1. The molecule has 7 heteroatoms. The van der Waals surface area contributed by atoms with Crippen LogP contribution in [-0.4, -0.2) is 62.3 Å². The van der Waals surface area contributed by atoms with Gasteiger partial charge in [-0.2, -0.15) is 4.31 Å². The Balaban J connectivity index is 1.95. The van der Waals surface area contributed by atoms with Gasteiger partial charge in [0.05, 0.1) is 4.90 Å². The first-order valence-electron chi connectivity index (χ1n) is 9.85. The number of carbonyl (C=O) groups excluding carboxylic acids is 1. The van der Waals surface area contributed by atoms with Crippen molar-refractivity contribution in [2.75, 3.05) is 32.7 Å². The molecule has 1 amide bonds. The van der Waals surface area contributed by atoms with E-state index < -0.39 is 10.0 Å². The van der Waals surface area contributed by atoms with Gasteiger partial charge in [0.1, 0.15) is 0 Å². The minimum absolute atomic E-state index is 0.0872. The number of nitrogens with zero attached hydrogens (tertiary/aromatic N) is 2. The van der Waals surface area contributed by atoms with Gasteiger partial charge in [0.25, 0.3) is 5.91 Å². The molecule has 0 radical (unpaired) electrons. The van der Waals surface area contributed by atoms with Crippen molar-refractivity contribution in [3.63, 3.8) is 0 Å². The Labute approximate surface area is 163 Å². The van der Waals surface area contributed by atoms with Crippen LogP contribution in [0.25, 0.3) is 0 Å². The average molecular weight is 394 g/mol. The van der Waals surface area contributed by atoms with Gasteiger partial charge in [-0.3, -0.25) is 4.79 Å². The van der Waals surface area contributed by atoms with Crippen molar-refractivity contribution in [3.8, 4) is 0 Å². The van der Waals surface area contributed by atoms with Crippen molar-refractivity contribution in [1.82, 2.24) is 14.5 Å². The van der Waals surface area contributed by atoms with E-state index in [0.29, 0.717) is 31.1 Å². The lowest BCUT2D eigenvalue weighted by atomic mass is 10.0. The lowest BCUT2D eigenvalue weighted by molar-refractivity contribution is 0.0655. The van der Waals surface area contributed by atoms with E-state index in [1.165, 1.54) is 0 Å². The van der Waals surface area contributed by atoms with Crippen LogP contribution in [0.15, 0.2) is 17.0 Å². The number of aryl methyl sites for hydroxylation is 1. The first-order valence-corrected chi connectivity index (χ1v) is 11.3. The van der Waals surface area contributed by atoms with E-state index in [9.17, 15) is 13.2 Å². The number of sulfonamides is 1. The number of nitrogens with one attached hydrogen (secondary N) is 1. The Morgan fingerprint density at radius 2 is 1.78 bits per heavy atom. The second kappa shape index (κ2) is 7.89. The topological polar surface area (TPSA) is 69.7 Å². The van der Waals surface area contributed by atoms with E-state index >= 15 is 0 Å².